The number of carbonyl (C=O) groups excluding carboxylic acids is 2. The Morgan fingerprint density at radius 2 is 1.80 bits per heavy atom. The standard InChI is InChI=1S/C18H14N2O3S2/c1-20-17(23)15(25-18(20)24)10-11-2-4-12(5-3-11)16(22)19-13-6-8-14(21)9-7-13/h2-10,21H,1H3,(H,19,22). The van der Waals surface area contributed by atoms with E-state index in [-0.39, 0.29) is 17.6 Å². The Hall–Kier alpha value is -2.64. The van der Waals surface area contributed by atoms with Gasteiger partial charge in [0.15, 0.2) is 0 Å². The Morgan fingerprint density at radius 3 is 2.36 bits per heavy atom. The van der Waals surface area contributed by atoms with Gasteiger partial charge in [0.1, 0.15) is 10.1 Å². The molecular formula is C18H14N2O3S2. The van der Waals surface area contributed by atoms with E-state index in [2.05, 4.69) is 5.32 Å². The number of thioether (sulfide) groups is 1. The number of benzene rings is 2. The summed E-state index contributed by atoms with van der Waals surface area (Å²) in [5, 5.41) is 12.0. The molecule has 0 radical (unpaired) electrons. The Labute approximate surface area is 154 Å². The van der Waals surface area contributed by atoms with Gasteiger partial charge in [-0.1, -0.05) is 36.1 Å². The van der Waals surface area contributed by atoms with E-state index < -0.39 is 0 Å². The third-order valence-electron chi connectivity index (χ3n) is 3.58. The topological polar surface area (TPSA) is 69.6 Å². The maximum atomic E-state index is 12.2. The van der Waals surface area contributed by atoms with E-state index in [9.17, 15) is 14.7 Å². The number of phenolic OH excluding ortho intramolecular Hbond substituents is 1. The molecule has 2 N–H and O–H groups in total. The van der Waals surface area contributed by atoms with Crippen LogP contribution >= 0.6 is 24.0 Å². The second-order valence-corrected chi connectivity index (χ2v) is 7.04. The van der Waals surface area contributed by atoms with Crippen molar-refractivity contribution < 1.29 is 14.7 Å². The molecular weight excluding hydrogens is 356 g/mol. The van der Waals surface area contributed by atoms with Crippen molar-refractivity contribution >= 4 is 51.9 Å². The third kappa shape index (κ3) is 3.89. The number of hydrogen-bond donors (Lipinski definition) is 2. The normalized spacial score (nSPS) is 15.7. The van der Waals surface area contributed by atoms with E-state index in [4.69, 9.17) is 12.2 Å². The number of rotatable bonds is 3. The molecule has 0 spiro atoms. The highest BCUT2D eigenvalue weighted by atomic mass is 32.2. The number of likely N-dealkylation sites (N-methyl/N-ethyl adjacent to an activating group) is 1. The molecule has 5 nitrogen and oxygen atoms in total. The molecule has 0 unspecified atom stereocenters. The van der Waals surface area contributed by atoms with Crippen molar-refractivity contribution in [2.24, 2.45) is 0 Å². The fourth-order valence-electron chi connectivity index (χ4n) is 2.18. The minimum absolute atomic E-state index is 0.121. The molecule has 0 aliphatic carbocycles. The summed E-state index contributed by atoms with van der Waals surface area (Å²) in [6, 6.07) is 13.2. The van der Waals surface area contributed by atoms with Gasteiger partial charge in [-0.2, -0.15) is 0 Å². The van der Waals surface area contributed by atoms with Crippen molar-refractivity contribution in [2.45, 2.75) is 0 Å². The van der Waals surface area contributed by atoms with Crippen LogP contribution in [-0.2, 0) is 4.79 Å². The maximum Gasteiger partial charge on any atom is 0.265 e. The zero-order chi connectivity index (χ0) is 18.0. The van der Waals surface area contributed by atoms with Gasteiger partial charge in [0, 0.05) is 18.3 Å². The molecule has 0 atom stereocenters. The summed E-state index contributed by atoms with van der Waals surface area (Å²) in [4.78, 5) is 26.2. The minimum Gasteiger partial charge on any atom is -0.508 e. The summed E-state index contributed by atoms with van der Waals surface area (Å²) in [7, 11) is 1.65. The molecule has 25 heavy (non-hydrogen) atoms. The molecule has 126 valence electrons. The van der Waals surface area contributed by atoms with Crippen molar-refractivity contribution in [1.29, 1.82) is 0 Å². The highest BCUT2D eigenvalue weighted by Crippen LogP contribution is 2.31. The summed E-state index contributed by atoms with van der Waals surface area (Å²) >= 11 is 6.36. The lowest BCUT2D eigenvalue weighted by Gasteiger charge is -2.06. The molecule has 1 heterocycles. The molecule has 0 aromatic heterocycles. The largest absolute Gasteiger partial charge is 0.508 e. The lowest BCUT2D eigenvalue weighted by molar-refractivity contribution is -0.121. The first kappa shape index (κ1) is 17.2. The first-order chi connectivity index (χ1) is 11.9. The van der Waals surface area contributed by atoms with Gasteiger partial charge in [-0.15, -0.1) is 0 Å². The molecule has 0 saturated carbocycles. The Morgan fingerprint density at radius 1 is 1.16 bits per heavy atom. The summed E-state index contributed by atoms with van der Waals surface area (Å²) in [6.45, 7) is 0. The number of aromatic hydroxyl groups is 1. The van der Waals surface area contributed by atoms with Crippen molar-refractivity contribution in [1.82, 2.24) is 4.90 Å². The summed E-state index contributed by atoms with van der Waals surface area (Å²) in [5.74, 6) is -0.235. The smallest absolute Gasteiger partial charge is 0.265 e. The number of amides is 2. The van der Waals surface area contributed by atoms with E-state index in [1.54, 1.807) is 49.5 Å². The number of nitrogens with one attached hydrogen (secondary N) is 1. The predicted molar refractivity (Wildman–Crippen MR) is 103 cm³/mol. The van der Waals surface area contributed by atoms with Crippen LogP contribution in [-0.4, -0.2) is 33.2 Å². The number of thiocarbonyl (C=S) groups is 1. The van der Waals surface area contributed by atoms with Crippen LogP contribution in [0.4, 0.5) is 5.69 Å². The SMILES string of the molecule is CN1C(=O)C(=Cc2ccc(C(=O)Nc3ccc(O)cc3)cc2)SC1=S. The van der Waals surface area contributed by atoms with E-state index in [0.29, 0.717) is 20.5 Å². The van der Waals surface area contributed by atoms with Crippen LogP contribution in [0.5, 0.6) is 5.75 Å². The lowest BCUT2D eigenvalue weighted by Crippen LogP contribution is -2.22. The van der Waals surface area contributed by atoms with Gasteiger partial charge < -0.3 is 10.4 Å². The minimum atomic E-state index is -0.253. The third-order valence-corrected chi connectivity index (χ3v) is 5.07. The van der Waals surface area contributed by atoms with Gasteiger partial charge in [0.2, 0.25) is 0 Å². The Balaban J connectivity index is 1.72. The lowest BCUT2D eigenvalue weighted by atomic mass is 10.1. The van der Waals surface area contributed by atoms with Crippen molar-refractivity contribution in [3.8, 4) is 5.75 Å². The van der Waals surface area contributed by atoms with Crippen LogP contribution in [0, 0.1) is 0 Å². The van der Waals surface area contributed by atoms with Crippen LogP contribution < -0.4 is 5.32 Å². The molecule has 1 aliphatic heterocycles. The van der Waals surface area contributed by atoms with E-state index in [1.165, 1.54) is 28.8 Å². The number of phenols is 1. The molecule has 1 fully saturated rings. The zero-order valence-corrected chi connectivity index (χ0v) is 14.9. The highest BCUT2D eigenvalue weighted by Gasteiger charge is 2.28. The molecule has 7 heteroatoms. The molecule has 2 aromatic rings. The average Bonchev–Trinajstić information content (AvgIpc) is 2.84. The van der Waals surface area contributed by atoms with E-state index in [1.807, 2.05) is 0 Å². The van der Waals surface area contributed by atoms with Crippen LogP contribution in [0.15, 0.2) is 53.4 Å². The van der Waals surface area contributed by atoms with E-state index >= 15 is 0 Å². The fourth-order valence-corrected chi connectivity index (χ4v) is 3.36. The number of hydrogen-bond acceptors (Lipinski definition) is 5. The summed E-state index contributed by atoms with van der Waals surface area (Å²) < 4.78 is 0.529. The van der Waals surface area contributed by atoms with Crippen LogP contribution in [0.3, 0.4) is 0 Å². The second kappa shape index (κ2) is 7.08. The monoisotopic (exact) mass is 370 g/mol. The van der Waals surface area contributed by atoms with Crippen LogP contribution in [0.25, 0.3) is 6.08 Å². The van der Waals surface area contributed by atoms with Gasteiger partial charge in [0.25, 0.3) is 11.8 Å². The molecule has 2 amide bonds. The van der Waals surface area contributed by atoms with Crippen molar-refractivity contribution in [3.63, 3.8) is 0 Å². The Bertz CT molecular complexity index is 874. The van der Waals surface area contributed by atoms with Crippen LogP contribution in [0.2, 0.25) is 0 Å². The summed E-state index contributed by atoms with van der Waals surface area (Å²) in [6.07, 6.45) is 1.75. The molecule has 1 aliphatic rings. The van der Waals surface area contributed by atoms with Gasteiger partial charge in [-0.3, -0.25) is 14.5 Å². The fraction of sp³-hybridized carbons (Fsp3) is 0.0556. The second-order valence-electron chi connectivity index (χ2n) is 5.36. The average molecular weight is 370 g/mol. The first-order valence-electron chi connectivity index (χ1n) is 7.36. The maximum absolute atomic E-state index is 12.2. The van der Waals surface area contributed by atoms with Crippen LogP contribution in [0.1, 0.15) is 15.9 Å². The van der Waals surface area contributed by atoms with Gasteiger partial charge in [-0.05, 0) is 48.0 Å². The van der Waals surface area contributed by atoms with Gasteiger partial charge >= 0.3 is 0 Å². The zero-order valence-electron chi connectivity index (χ0n) is 13.2. The van der Waals surface area contributed by atoms with Crippen molar-refractivity contribution in [3.05, 3.63) is 64.6 Å². The number of anilines is 1. The first-order valence-corrected chi connectivity index (χ1v) is 8.58. The molecule has 1 saturated heterocycles. The molecule has 3 rings (SSSR count). The molecule has 0 bridgehead atoms. The number of carbonyl (C=O) groups is 2. The predicted octanol–water partition coefficient (Wildman–Crippen LogP) is 3.48. The summed E-state index contributed by atoms with van der Waals surface area (Å²) in [5.41, 5.74) is 1.90. The van der Waals surface area contributed by atoms with E-state index in [0.717, 1.165) is 5.56 Å². The van der Waals surface area contributed by atoms with Gasteiger partial charge in [-0.25, -0.2) is 0 Å². The quantitative estimate of drug-likeness (QED) is 0.492. The Kier molecular flexibility index (Phi) is 4.87. The number of nitrogens with zero attached hydrogens (tertiary/aromatic N) is 1. The molecule has 2 aromatic carbocycles. The van der Waals surface area contributed by atoms with Gasteiger partial charge in [0.05, 0.1) is 4.91 Å². The van der Waals surface area contributed by atoms with Crippen molar-refractivity contribution in [2.75, 3.05) is 12.4 Å². The highest BCUT2D eigenvalue weighted by molar-refractivity contribution is 8.26.